The van der Waals surface area contributed by atoms with Crippen LogP contribution in [0.3, 0.4) is 0 Å². The molecule has 0 aliphatic carbocycles. The van der Waals surface area contributed by atoms with Crippen molar-refractivity contribution in [3.05, 3.63) is 34.7 Å². The Morgan fingerprint density at radius 1 is 1.30 bits per heavy atom. The van der Waals surface area contributed by atoms with E-state index in [0.29, 0.717) is 18.2 Å². The Morgan fingerprint density at radius 3 is 2.83 bits per heavy atom. The van der Waals surface area contributed by atoms with E-state index in [-0.39, 0.29) is 6.54 Å². The van der Waals surface area contributed by atoms with E-state index in [4.69, 9.17) is 5.11 Å². The molecule has 3 aromatic rings. The van der Waals surface area contributed by atoms with Gasteiger partial charge in [-0.2, -0.15) is 5.10 Å². The molecule has 0 bridgehead atoms. The quantitative estimate of drug-likeness (QED) is 0.739. The van der Waals surface area contributed by atoms with Gasteiger partial charge < -0.3 is 5.11 Å². The highest BCUT2D eigenvalue weighted by Crippen LogP contribution is 2.22. The van der Waals surface area contributed by atoms with Crippen molar-refractivity contribution in [3.63, 3.8) is 0 Å². The van der Waals surface area contributed by atoms with Gasteiger partial charge in [0.25, 0.3) is 0 Å². The van der Waals surface area contributed by atoms with Gasteiger partial charge in [0.15, 0.2) is 0 Å². The molecule has 3 heterocycles. The van der Waals surface area contributed by atoms with E-state index in [0.717, 1.165) is 15.4 Å². The number of aromatic nitrogens is 6. The van der Waals surface area contributed by atoms with Crippen molar-refractivity contribution >= 4 is 17.3 Å². The largest absolute Gasteiger partial charge is 0.480 e. The molecular weight excluding hydrogens is 316 g/mol. The van der Waals surface area contributed by atoms with Gasteiger partial charge in [0.2, 0.25) is 0 Å². The molecule has 0 aliphatic rings. The third-order valence-electron chi connectivity index (χ3n) is 3.15. The van der Waals surface area contributed by atoms with E-state index < -0.39 is 5.97 Å². The van der Waals surface area contributed by atoms with Crippen LogP contribution in [0, 0.1) is 0 Å². The smallest absolute Gasteiger partial charge is 0.325 e. The molecule has 0 radical (unpaired) electrons. The molecule has 1 N–H and O–H groups in total. The summed E-state index contributed by atoms with van der Waals surface area (Å²) in [6.45, 7) is 4.67. The Balaban J connectivity index is 1.72. The summed E-state index contributed by atoms with van der Waals surface area (Å²) >= 11 is 1.67. The average molecular weight is 332 g/mol. The zero-order valence-electron chi connectivity index (χ0n) is 12.7. The molecule has 0 fully saturated rings. The number of thiazole rings is 1. The number of aliphatic carboxylic acids is 1. The Morgan fingerprint density at radius 2 is 2.13 bits per heavy atom. The van der Waals surface area contributed by atoms with Crippen LogP contribution in [-0.2, 0) is 17.9 Å². The number of hydrogen-bond donors (Lipinski definition) is 1. The van der Waals surface area contributed by atoms with Gasteiger partial charge in [-0.15, -0.1) is 16.4 Å². The normalized spacial score (nSPS) is 11.3. The summed E-state index contributed by atoms with van der Waals surface area (Å²) in [5.41, 5.74) is 1.40. The summed E-state index contributed by atoms with van der Waals surface area (Å²) < 4.78 is 3.09. The molecule has 23 heavy (non-hydrogen) atoms. The Bertz CT molecular complexity index is 819. The van der Waals surface area contributed by atoms with Crippen LogP contribution in [-0.4, -0.2) is 40.8 Å². The van der Waals surface area contributed by atoms with Crippen LogP contribution in [0.1, 0.15) is 29.7 Å². The van der Waals surface area contributed by atoms with E-state index in [1.165, 1.54) is 4.68 Å². The van der Waals surface area contributed by atoms with Crippen molar-refractivity contribution < 1.29 is 9.90 Å². The Hall–Kier alpha value is -2.55. The zero-order chi connectivity index (χ0) is 16.4. The van der Waals surface area contributed by atoms with Gasteiger partial charge in [-0.1, -0.05) is 19.1 Å². The fourth-order valence-corrected chi connectivity index (χ4v) is 2.96. The molecule has 3 aromatic heterocycles. The van der Waals surface area contributed by atoms with Crippen LogP contribution in [0.4, 0.5) is 0 Å². The Kier molecular flexibility index (Phi) is 4.20. The highest BCUT2D eigenvalue weighted by Gasteiger charge is 2.10. The van der Waals surface area contributed by atoms with Crippen molar-refractivity contribution in [1.82, 2.24) is 29.8 Å². The number of carbonyl (C=O) groups is 1. The van der Waals surface area contributed by atoms with Gasteiger partial charge in [-0.05, 0) is 0 Å². The van der Waals surface area contributed by atoms with Crippen LogP contribution in [0.5, 0.6) is 0 Å². The van der Waals surface area contributed by atoms with E-state index in [9.17, 15) is 4.79 Å². The third kappa shape index (κ3) is 3.62. The van der Waals surface area contributed by atoms with Gasteiger partial charge in [0, 0.05) is 28.8 Å². The van der Waals surface area contributed by atoms with Crippen molar-refractivity contribution in [1.29, 1.82) is 0 Å². The maximum Gasteiger partial charge on any atom is 0.325 e. The number of nitrogens with zero attached hydrogens (tertiary/aromatic N) is 6. The van der Waals surface area contributed by atoms with Gasteiger partial charge in [-0.25, -0.2) is 9.67 Å². The van der Waals surface area contributed by atoms with Crippen LogP contribution in [0.2, 0.25) is 0 Å². The third-order valence-corrected chi connectivity index (χ3v) is 4.43. The summed E-state index contributed by atoms with van der Waals surface area (Å²) in [5.74, 6) is -0.519. The number of carboxylic acids is 1. The molecule has 0 atom stereocenters. The van der Waals surface area contributed by atoms with Crippen LogP contribution in [0.15, 0.2) is 24.8 Å². The van der Waals surface area contributed by atoms with Gasteiger partial charge in [0.05, 0.1) is 23.9 Å². The van der Waals surface area contributed by atoms with Crippen molar-refractivity contribution in [2.45, 2.75) is 32.9 Å². The number of rotatable bonds is 6. The summed E-state index contributed by atoms with van der Waals surface area (Å²) in [5, 5.41) is 22.1. The highest BCUT2D eigenvalue weighted by atomic mass is 32.1. The predicted octanol–water partition coefficient (Wildman–Crippen LogP) is 1.85. The van der Waals surface area contributed by atoms with Crippen molar-refractivity contribution in [2.75, 3.05) is 0 Å². The van der Waals surface area contributed by atoms with E-state index >= 15 is 0 Å². The first-order valence-corrected chi connectivity index (χ1v) is 7.92. The average Bonchev–Trinajstić information content (AvgIpc) is 3.18. The molecule has 120 valence electrons. The minimum atomic E-state index is -0.936. The molecule has 0 aliphatic heterocycles. The molecule has 0 spiro atoms. The van der Waals surface area contributed by atoms with Gasteiger partial charge >= 0.3 is 5.97 Å². The second kappa shape index (κ2) is 6.29. The van der Waals surface area contributed by atoms with E-state index in [1.54, 1.807) is 28.4 Å². The molecule has 0 amide bonds. The second-order valence-corrected chi connectivity index (χ2v) is 6.59. The van der Waals surface area contributed by atoms with E-state index in [1.807, 2.05) is 12.4 Å². The summed E-state index contributed by atoms with van der Waals surface area (Å²) in [6.07, 6.45) is 6.91. The molecule has 0 saturated carbocycles. The summed E-state index contributed by atoms with van der Waals surface area (Å²) in [6, 6.07) is 0. The summed E-state index contributed by atoms with van der Waals surface area (Å²) in [7, 11) is 0. The zero-order valence-corrected chi connectivity index (χ0v) is 13.6. The van der Waals surface area contributed by atoms with Crippen LogP contribution < -0.4 is 0 Å². The standard InChI is InChI=1S/C14H16N6O2S/c1-9(2)14-15-4-11(23-14)6-20-7-12(17-18-20)10-3-16-19(5-10)8-13(21)22/h3-5,7,9H,6,8H2,1-2H3,(H,21,22). The molecule has 3 rings (SSSR count). The Labute approximate surface area is 136 Å². The molecule has 9 heteroatoms. The first kappa shape index (κ1) is 15.3. The molecular formula is C14H16N6O2S. The van der Waals surface area contributed by atoms with Crippen molar-refractivity contribution in [2.24, 2.45) is 0 Å². The highest BCUT2D eigenvalue weighted by molar-refractivity contribution is 7.11. The van der Waals surface area contributed by atoms with Gasteiger partial charge in [0.1, 0.15) is 12.2 Å². The van der Waals surface area contributed by atoms with Gasteiger partial charge in [-0.3, -0.25) is 9.48 Å². The first-order valence-electron chi connectivity index (χ1n) is 7.10. The fourth-order valence-electron chi connectivity index (χ4n) is 2.05. The van der Waals surface area contributed by atoms with Crippen molar-refractivity contribution in [3.8, 4) is 11.3 Å². The molecule has 8 nitrogen and oxygen atoms in total. The van der Waals surface area contributed by atoms with Crippen LogP contribution >= 0.6 is 11.3 Å². The molecule has 0 unspecified atom stereocenters. The second-order valence-electron chi connectivity index (χ2n) is 5.44. The fraction of sp³-hybridized carbons (Fsp3) is 0.357. The number of carboxylic acid groups (broad SMARTS) is 1. The maximum absolute atomic E-state index is 10.7. The lowest BCUT2D eigenvalue weighted by Crippen LogP contribution is -2.08. The first-order chi connectivity index (χ1) is 11.0. The lowest BCUT2D eigenvalue weighted by molar-refractivity contribution is -0.137. The maximum atomic E-state index is 10.7. The SMILES string of the molecule is CC(C)c1ncc(Cn2cc(-c3cnn(CC(=O)O)c3)nn2)s1. The lowest BCUT2D eigenvalue weighted by Gasteiger charge is -1.97. The monoisotopic (exact) mass is 332 g/mol. The summed E-state index contributed by atoms with van der Waals surface area (Å²) in [4.78, 5) is 16.2. The minimum absolute atomic E-state index is 0.174. The minimum Gasteiger partial charge on any atom is -0.480 e. The van der Waals surface area contributed by atoms with E-state index in [2.05, 4.69) is 34.2 Å². The lowest BCUT2D eigenvalue weighted by atomic mass is 10.2. The topological polar surface area (TPSA) is 98.7 Å². The van der Waals surface area contributed by atoms with Crippen LogP contribution in [0.25, 0.3) is 11.3 Å². The molecule has 0 aromatic carbocycles. The predicted molar refractivity (Wildman–Crippen MR) is 84.2 cm³/mol. The molecule has 0 saturated heterocycles. The number of hydrogen-bond acceptors (Lipinski definition) is 6.